The maximum absolute atomic E-state index is 13.2. The summed E-state index contributed by atoms with van der Waals surface area (Å²) in [5.41, 5.74) is -0.460. The molecule has 1 aromatic carbocycles. The summed E-state index contributed by atoms with van der Waals surface area (Å²) in [6.07, 6.45) is -0.0397. The van der Waals surface area contributed by atoms with Gasteiger partial charge in [0.1, 0.15) is 11.6 Å². The first-order valence-corrected chi connectivity index (χ1v) is 7.01. The molecular weight excluding hydrogens is 280 g/mol. The summed E-state index contributed by atoms with van der Waals surface area (Å²) in [5, 5.41) is 0. The third kappa shape index (κ3) is 5.21. The van der Waals surface area contributed by atoms with Crippen LogP contribution in [0, 0.1) is 11.6 Å². The largest absolute Gasteiger partial charge is 0.469 e. The van der Waals surface area contributed by atoms with Gasteiger partial charge in [-0.3, -0.25) is 9.52 Å². The van der Waals surface area contributed by atoms with Crippen LogP contribution in [0.15, 0.2) is 18.2 Å². The van der Waals surface area contributed by atoms with Crippen molar-refractivity contribution in [2.45, 2.75) is 12.8 Å². The SMILES string of the molecule is COC(=O)CCCS(=O)(=O)Nc1cc(F)ccc1F. The van der Waals surface area contributed by atoms with Crippen molar-refractivity contribution in [2.24, 2.45) is 0 Å². The number of carbonyl (C=O) groups excluding carboxylic acids is 1. The Labute approximate surface area is 109 Å². The molecule has 0 spiro atoms. The van der Waals surface area contributed by atoms with Crippen LogP contribution in [-0.2, 0) is 19.6 Å². The molecule has 0 saturated heterocycles. The normalized spacial score (nSPS) is 11.1. The predicted octanol–water partition coefficient (Wildman–Crippen LogP) is 1.66. The molecule has 0 fully saturated rings. The topological polar surface area (TPSA) is 72.5 Å². The molecule has 1 N–H and O–H groups in total. The first-order chi connectivity index (χ1) is 8.84. The van der Waals surface area contributed by atoms with Crippen LogP contribution in [0.2, 0.25) is 0 Å². The number of halogens is 2. The van der Waals surface area contributed by atoms with Gasteiger partial charge in [0.2, 0.25) is 10.0 Å². The number of methoxy groups -OCH3 is 1. The Balaban J connectivity index is 2.64. The Morgan fingerprint density at radius 2 is 2.05 bits per heavy atom. The lowest BCUT2D eigenvalue weighted by molar-refractivity contribution is -0.140. The lowest BCUT2D eigenvalue weighted by atomic mass is 10.3. The molecule has 0 aliphatic heterocycles. The van der Waals surface area contributed by atoms with Crippen LogP contribution < -0.4 is 4.72 Å². The molecule has 0 aliphatic carbocycles. The number of hydrogen-bond donors (Lipinski definition) is 1. The summed E-state index contributed by atoms with van der Waals surface area (Å²) in [4.78, 5) is 10.8. The maximum Gasteiger partial charge on any atom is 0.305 e. The number of anilines is 1. The van der Waals surface area contributed by atoms with Gasteiger partial charge < -0.3 is 4.74 Å². The van der Waals surface area contributed by atoms with E-state index in [2.05, 4.69) is 4.74 Å². The highest BCUT2D eigenvalue weighted by atomic mass is 32.2. The third-order valence-corrected chi connectivity index (χ3v) is 3.57. The number of hydrogen-bond acceptors (Lipinski definition) is 4. The van der Waals surface area contributed by atoms with Crippen molar-refractivity contribution in [1.29, 1.82) is 0 Å². The van der Waals surface area contributed by atoms with Gasteiger partial charge in [0.05, 0.1) is 18.6 Å². The second kappa shape index (κ2) is 6.46. The first-order valence-electron chi connectivity index (χ1n) is 5.36. The molecule has 0 atom stereocenters. The van der Waals surface area contributed by atoms with E-state index in [1.807, 2.05) is 4.72 Å². The smallest absolute Gasteiger partial charge is 0.305 e. The lowest BCUT2D eigenvalue weighted by Crippen LogP contribution is -2.18. The summed E-state index contributed by atoms with van der Waals surface area (Å²) >= 11 is 0. The van der Waals surface area contributed by atoms with Crippen LogP contribution in [0.25, 0.3) is 0 Å². The van der Waals surface area contributed by atoms with Gasteiger partial charge in [0.15, 0.2) is 0 Å². The van der Waals surface area contributed by atoms with Crippen LogP contribution in [0.4, 0.5) is 14.5 Å². The van der Waals surface area contributed by atoms with Crippen LogP contribution in [0.1, 0.15) is 12.8 Å². The molecule has 1 aromatic rings. The second-order valence-electron chi connectivity index (χ2n) is 3.72. The summed E-state index contributed by atoms with van der Waals surface area (Å²) in [6.45, 7) is 0. The molecule has 0 heterocycles. The number of carbonyl (C=O) groups is 1. The van der Waals surface area contributed by atoms with E-state index >= 15 is 0 Å². The van der Waals surface area contributed by atoms with Crippen LogP contribution in [0.5, 0.6) is 0 Å². The molecule has 19 heavy (non-hydrogen) atoms. The van der Waals surface area contributed by atoms with E-state index in [0.29, 0.717) is 0 Å². The molecule has 0 aliphatic rings. The van der Waals surface area contributed by atoms with E-state index in [-0.39, 0.29) is 12.8 Å². The van der Waals surface area contributed by atoms with Gasteiger partial charge in [0, 0.05) is 12.5 Å². The van der Waals surface area contributed by atoms with Crippen molar-refractivity contribution in [2.75, 3.05) is 17.6 Å². The van der Waals surface area contributed by atoms with Gasteiger partial charge in [-0.25, -0.2) is 17.2 Å². The number of rotatable bonds is 6. The van der Waals surface area contributed by atoms with Crippen molar-refractivity contribution < 1.29 is 26.7 Å². The fourth-order valence-electron chi connectivity index (χ4n) is 1.30. The van der Waals surface area contributed by atoms with E-state index in [9.17, 15) is 22.0 Å². The van der Waals surface area contributed by atoms with Gasteiger partial charge in [-0.15, -0.1) is 0 Å². The van der Waals surface area contributed by atoms with Crippen LogP contribution in [-0.4, -0.2) is 27.2 Å². The van der Waals surface area contributed by atoms with Crippen molar-refractivity contribution in [3.63, 3.8) is 0 Å². The number of benzene rings is 1. The highest BCUT2D eigenvalue weighted by molar-refractivity contribution is 7.92. The van der Waals surface area contributed by atoms with Crippen LogP contribution >= 0.6 is 0 Å². The minimum atomic E-state index is -3.84. The highest BCUT2D eigenvalue weighted by Gasteiger charge is 2.14. The molecule has 0 amide bonds. The lowest BCUT2D eigenvalue weighted by Gasteiger charge is -2.08. The fraction of sp³-hybridized carbons (Fsp3) is 0.364. The van der Waals surface area contributed by atoms with E-state index < -0.39 is 39.1 Å². The number of ether oxygens (including phenoxy) is 1. The third-order valence-electron chi connectivity index (χ3n) is 2.22. The zero-order valence-electron chi connectivity index (χ0n) is 10.2. The standard InChI is InChI=1S/C11H13F2NO4S/c1-18-11(15)3-2-6-19(16,17)14-10-7-8(12)4-5-9(10)13/h4-5,7,14H,2-3,6H2,1H3. The van der Waals surface area contributed by atoms with Gasteiger partial charge in [-0.05, 0) is 18.6 Å². The minimum Gasteiger partial charge on any atom is -0.469 e. The maximum atomic E-state index is 13.2. The first kappa shape index (κ1) is 15.4. The minimum absolute atomic E-state index is 0.0267. The molecule has 0 saturated carbocycles. The van der Waals surface area contributed by atoms with Crippen LogP contribution in [0.3, 0.4) is 0 Å². The Hall–Kier alpha value is -1.70. The monoisotopic (exact) mass is 293 g/mol. The highest BCUT2D eigenvalue weighted by Crippen LogP contribution is 2.17. The summed E-state index contributed by atoms with van der Waals surface area (Å²) in [6, 6.07) is 2.44. The molecule has 0 aromatic heterocycles. The summed E-state index contributed by atoms with van der Waals surface area (Å²) in [7, 11) is -2.65. The van der Waals surface area contributed by atoms with Crippen molar-refractivity contribution in [3.8, 4) is 0 Å². The zero-order chi connectivity index (χ0) is 14.5. The van der Waals surface area contributed by atoms with E-state index in [4.69, 9.17) is 0 Å². The average molecular weight is 293 g/mol. The molecule has 0 radical (unpaired) electrons. The van der Waals surface area contributed by atoms with Crippen molar-refractivity contribution >= 4 is 21.7 Å². The van der Waals surface area contributed by atoms with Gasteiger partial charge >= 0.3 is 5.97 Å². The quantitative estimate of drug-likeness (QED) is 0.810. The molecular formula is C11H13F2NO4S. The molecule has 5 nitrogen and oxygen atoms in total. The molecule has 106 valence electrons. The number of sulfonamides is 1. The Morgan fingerprint density at radius 1 is 1.37 bits per heavy atom. The number of nitrogens with one attached hydrogen (secondary N) is 1. The predicted molar refractivity (Wildman–Crippen MR) is 65.0 cm³/mol. The second-order valence-corrected chi connectivity index (χ2v) is 5.57. The van der Waals surface area contributed by atoms with E-state index in [0.717, 1.165) is 18.2 Å². The fourth-order valence-corrected chi connectivity index (χ4v) is 2.42. The van der Waals surface area contributed by atoms with Gasteiger partial charge in [-0.1, -0.05) is 0 Å². The zero-order valence-corrected chi connectivity index (χ0v) is 11.0. The Kier molecular flexibility index (Phi) is 5.22. The number of esters is 1. The molecule has 8 heteroatoms. The average Bonchev–Trinajstić information content (AvgIpc) is 2.33. The van der Waals surface area contributed by atoms with E-state index in [1.165, 1.54) is 7.11 Å². The van der Waals surface area contributed by atoms with Crippen molar-refractivity contribution in [3.05, 3.63) is 29.8 Å². The van der Waals surface area contributed by atoms with E-state index in [1.54, 1.807) is 0 Å². The van der Waals surface area contributed by atoms with Gasteiger partial charge in [-0.2, -0.15) is 0 Å². The Bertz CT molecular complexity index is 560. The molecule has 1 rings (SSSR count). The Morgan fingerprint density at radius 3 is 2.68 bits per heavy atom. The molecule has 0 unspecified atom stereocenters. The van der Waals surface area contributed by atoms with Gasteiger partial charge in [0.25, 0.3) is 0 Å². The summed E-state index contributed by atoms with van der Waals surface area (Å²) < 4.78 is 55.5. The van der Waals surface area contributed by atoms with Crippen molar-refractivity contribution in [1.82, 2.24) is 0 Å². The molecule has 0 bridgehead atoms. The summed E-state index contributed by atoms with van der Waals surface area (Å²) in [5.74, 6) is -2.56.